The Morgan fingerprint density at radius 3 is 1.16 bits per heavy atom. The fourth-order valence-corrected chi connectivity index (χ4v) is 4.02. The van der Waals surface area contributed by atoms with Gasteiger partial charge in [0, 0.05) is 10.2 Å². The van der Waals surface area contributed by atoms with Crippen LogP contribution in [0.5, 0.6) is 17.2 Å². The molecule has 3 aromatic rings. The molecule has 0 atom stereocenters. The normalized spacial score (nSPS) is 9.60. The Kier molecular flexibility index (Phi) is 22.3. The first-order valence-corrected chi connectivity index (χ1v) is 16.0. The standard InChI is InChI=1S/C8H4BrF3O.C8H4Cl3F3OSi.C8H4F3O.BrH.Mg/c9-5-1-3-6(4-2-5)13-8(12)7(10)11;9-16(10,11)6-3-1-5(2-4-6)15-8(14)7(12)13;9-7(10)8(11)12-6-4-2-1-3-5-6;;/h1-4H;1-4H;2-5H;1H;/q;;-1;;+2/p-1. The van der Waals surface area contributed by atoms with E-state index in [1.54, 1.807) is 12.1 Å². The van der Waals surface area contributed by atoms with Crippen LogP contribution in [0.4, 0.5) is 39.5 Å². The monoisotopic (exact) mass is 834 g/mol. The molecule has 0 saturated heterocycles. The predicted octanol–water partition coefficient (Wildman–Crippen LogP) is 7.35. The van der Waals surface area contributed by atoms with Crippen LogP contribution in [0, 0.1) is 6.07 Å². The Bertz CT molecular complexity index is 1340. The molecule has 0 aliphatic heterocycles. The zero-order valence-electron chi connectivity index (χ0n) is 20.7. The summed E-state index contributed by atoms with van der Waals surface area (Å²) in [5.41, 5.74) is 0. The number of hydrogen-bond donors (Lipinski definition) is 0. The van der Waals surface area contributed by atoms with Crippen molar-refractivity contribution in [3.05, 3.63) is 120 Å². The van der Waals surface area contributed by atoms with Gasteiger partial charge in [0.1, 0.15) is 11.5 Å². The van der Waals surface area contributed by atoms with Crippen LogP contribution < -0.4 is 36.4 Å². The van der Waals surface area contributed by atoms with Crippen molar-refractivity contribution in [1.82, 2.24) is 0 Å². The molecule has 0 heterocycles. The molecule has 0 amide bonds. The van der Waals surface area contributed by atoms with Crippen molar-refractivity contribution in [1.29, 1.82) is 0 Å². The van der Waals surface area contributed by atoms with Gasteiger partial charge in [-0.3, -0.25) is 0 Å². The van der Waals surface area contributed by atoms with Gasteiger partial charge in [-0.05, 0) is 41.6 Å². The van der Waals surface area contributed by atoms with Gasteiger partial charge in [0.25, 0.3) is 0 Å². The van der Waals surface area contributed by atoms with E-state index in [-0.39, 0.29) is 57.3 Å². The Balaban J connectivity index is 0. The second-order valence-electron chi connectivity index (χ2n) is 6.62. The minimum absolute atomic E-state index is 0. The number of ether oxygens (including phenoxy) is 3. The van der Waals surface area contributed by atoms with E-state index in [0.717, 1.165) is 4.47 Å². The molecule has 3 rings (SSSR count). The summed E-state index contributed by atoms with van der Waals surface area (Å²) >= 11 is 20.2. The van der Waals surface area contributed by atoms with Crippen LogP contribution in [0.2, 0.25) is 0 Å². The molecule has 0 aromatic heterocycles. The van der Waals surface area contributed by atoms with Crippen LogP contribution >= 0.6 is 49.2 Å². The van der Waals surface area contributed by atoms with E-state index in [0.29, 0.717) is 5.19 Å². The summed E-state index contributed by atoms with van der Waals surface area (Å²) in [6.07, 6.45) is -7.47. The molecule has 0 N–H and O–H groups in total. The molecular formula is C24H12Br2Cl3F9MgO3Si. The van der Waals surface area contributed by atoms with Crippen LogP contribution in [-0.2, 0) is 0 Å². The summed E-state index contributed by atoms with van der Waals surface area (Å²) in [4.78, 5) is 0. The molecule has 43 heavy (non-hydrogen) atoms. The van der Waals surface area contributed by atoms with Crippen molar-refractivity contribution >= 4 is 83.4 Å². The molecule has 0 unspecified atom stereocenters. The van der Waals surface area contributed by atoms with Crippen molar-refractivity contribution in [2.24, 2.45) is 0 Å². The molecule has 0 saturated carbocycles. The van der Waals surface area contributed by atoms with Gasteiger partial charge in [-0.15, -0.1) is 45.4 Å². The van der Waals surface area contributed by atoms with Gasteiger partial charge in [0.15, 0.2) is 0 Å². The quantitative estimate of drug-likeness (QED) is 0.0820. The van der Waals surface area contributed by atoms with Crippen LogP contribution in [0.3, 0.4) is 0 Å². The molecular weight excluding hydrogens is 826 g/mol. The fourth-order valence-electron chi connectivity index (χ4n) is 2.08. The van der Waals surface area contributed by atoms with E-state index in [2.05, 4.69) is 36.2 Å². The van der Waals surface area contributed by atoms with Crippen LogP contribution in [-0.4, -0.2) is 29.1 Å². The molecule has 3 nitrogen and oxygen atoms in total. The molecule has 19 heteroatoms. The molecule has 0 spiro atoms. The maximum Gasteiger partial charge on any atom is 2.00 e. The van der Waals surface area contributed by atoms with Gasteiger partial charge in [0.05, 0.1) is 0 Å². The fraction of sp³-hybridized carbons (Fsp3) is 0. The first-order chi connectivity index (χ1) is 19.1. The average molecular weight is 838 g/mol. The number of benzene rings is 3. The van der Waals surface area contributed by atoms with E-state index < -0.39 is 42.3 Å². The van der Waals surface area contributed by atoms with E-state index >= 15 is 0 Å². The first-order valence-electron chi connectivity index (χ1n) is 10.1. The summed E-state index contributed by atoms with van der Waals surface area (Å²) in [5.74, 6) is -0.0650. The van der Waals surface area contributed by atoms with E-state index in [4.69, 9.17) is 33.2 Å². The topological polar surface area (TPSA) is 27.7 Å². The van der Waals surface area contributed by atoms with E-state index in [9.17, 15) is 39.5 Å². The van der Waals surface area contributed by atoms with Crippen molar-refractivity contribution < 1.29 is 70.7 Å². The molecule has 230 valence electrons. The maximum absolute atomic E-state index is 12.4. The maximum atomic E-state index is 12.4. The molecule has 0 aliphatic carbocycles. The predicted molar refractivity (Wildman–Crippen MR) is 147 cm³/mol. The summed E-state index contributed by atoms with van der Waals surface area (Å²) in [6, 6.07) is 10.5. The minimum Gasteiger partial charge on any atom is -1.00 e. The third kappa shape index (κ3) is 18.8. The smallest absolute Gasteiger partial charge is 1.00 e. The average Bonchev–Trinajstić information content (AvgIpc) is 2.91. The number of rotatable bonds is 7. The van der Waals surface area contributed by atoms with E-state index in [1.807, 2.05) is 0 Å². The summed E-state index contributed by atoms with van der Waals surface area (Å²) in [6.45, 7) is 0. The van der Waals surface area contributed by atoms with Gasteiger partial charge in [-0.25, -0.2) is 0 Å². The number of halogens is 14. The van der Waals surface area contributed by atoms with Crippen molar-refractivity contribution in [3.8, 4) is 17.2 Å². The summed E-state index contributed by atoms with van der Waals surface area (Å²) in [7, 11) is 0. The van der Waals surface area contributed by atoms with Crippen molar-refractivity contribution in [2.45, 2.75) is 0 Å². The van der Waals surface area contributed by atoms with Crippen LogP contribution in [0.25, 0.3) is 0 Å². The Morgan fingerprint density at radius 1 is 0.558 bits per heavy atom. The van der Waals surface area contributed by atoms with Crippen LogP contribution in [0.1, 0.15) is 0 Å². The molecule has 0 radical (unpaired) electrons. The molecule has 3 aromatic carbocycles. The third-order valence-electron chi connectivity index (χ3n) is 3.75. The Morgan fingerprint density at radius 2 is 0.860 bits per heavy atom. The Hall–Kier alpha value is -1.54. The van der Waals surface area contributed by atoms with Gasteiger partial charge in [-0.1, -0.05) is 28.1 Å². The van der Waals surface area contributed by atoms with Gasteiger partial charge in [-0.2, -0.15) is 57.7 Å². The van der Waals surface area contributed by atoms with Gasteiger partial charge in [0.2, 0.25) is 0 Å². The second kappa shape index (κ2) is 22.0. The second-order valence-corrected chi connectivity index (χ2v) is 16.0. The minimum atomic E-state index is -3.01. The largest absolute Gasteiger partial charge is 2.00 e. The zero-order valence-corrected chi connectivity index (χ0v) is 28.5. The third-order valence-corrected chi connectivity index (χ3v) is 7.23. The van der Waals surface area contributed by atoms with E-state index in [1.165, 1.54) is 60.7 Å². The van der Waals surface area contributed by atoms with Crippen LogP contribution in [0.15, 0.2) is 114 Å². The van der Waals surface area contributed by atoms with Crippen molar-refractivity contribution in [2.75, 3.05) is 0 Å². The first kappa shape index (κ1) is 43.6. The zero-order chi connectivity index (χ0) is 31.2. The van der Waals surface area contributed by atoms with Gasteiger partial charge >= 0.3 is 65.3 Å². The van der Waals surface area contributed by atoms with Crippen molar-refractivity contribution in [3.63, 3.8) is 0 Å². The SMILES string of the molecule is FC(F)=C(F)Oc1cc[c-]cc1.FC(F)=C(F)Oc1ccc(Br)cc1.FC(F)=C(F)Oc1ccc([Si](Cl)(Cl)Cl)cc1.[Br-].[Mg+2]. The molecule has 0 bridgehead atoms. The summed E-state index contributed by atoms with van der Waals surface area (Å²) in [5, 5.41) is 0.454. The molecule has 0 fully saturated rings. The molecule has 0 aliphatic rings. The number of hydrogen-bond acceptors (Lipinski definition) is 3. The van der Waals surface area contributed by atoms with Gasteiger partial charge < -0.3 is 31.2 Å². The Labute approximate surface area is 289 Å². The summed E-state index contributed by atoms with van der Waals surface area (Å²) < 4.78 is 119.